The average Bonchev–Trinajstić information content (AvgIpc) is 2.84. The van der Waals surface area contributed by atoms with Crippen LogP contribution in [0.1, 0.15) is 43.6 Å². The van der Waals surface area contributed by atoms with E-state index in [1.54, 1.807) is 0 Å². The lowest BCUT2D eigenvalue weighted by Crippen LogP contribution is -2.43. The third-order valence-electron chi connectivity index (χ3n) is 4.28. The Morgan fingerprint density at radius 3 is 2.35 bits per heavy atom. The second-order valence-corrected chi connectivity index (χ2v) is 8.27. The van der Waals surface area contributed by atoms with E-state index in [4.69, 9.17) is 11.5 Å². The van der Waals surface area contributed by atoms with Crippen molar-refractivity contribution in [1.29, 1.82) is 0 Å². The van der Waals surface area contributed by atoms with Crippen molar-refractivity contribution < 1.29 is 9.59 Å². The molecule has 1 aromatic carbocycles. The zero-order chi connectivity index (χ0) is 16.4. The van der Waals surface area contributed by atoms with E-state index in [9.17, 15) is 9.59 Å². The molecule has 1 heterocycles. The Kier molecular flexibility index (Phi) is 4.16. The van der Waals surface area contributed by atoms with Crippen LogP contribution >= 0.6 is 10.4 Å². The highest BCUT2D eigenvalue weighted by Crippen LogP contribution is 2.55. The molecule has 23 heavy (non-hydrogen) atoms. The molecule has 8 heteroatoms. The molecule has 7 nitrogen and oxygen atoms in total. The maximum Gasteiger partial charge on any atom is 0.322 e. The van der Waals surface area contributed by atoms with Gasteiger partial charge >= 0.3 is 12.1 Å². The second-order valence-electron chi connectivity index (χ2n) is 5.89. The minimum atomic E-state index is -2.32. The summed E-state index contributed by atoms with van der Waals surface area (Å²) in [5, 5.41) is 0. The van der Waals surface area contributed by atoms with Crippen LogP contribution in [0.2, 0.25) is 0 Å². The van der Waals surface area contributed by atoms with Gasteiger partial charge in [0, 0.05) is 0 Å². The number of primary amides is 2. The number of hydrogen-bond acceptors (Lipinski definition) is 3. The molecule has 124 valence electrons. The van der Waals surface area contributed by atoms with E-state index in [2.05, 4.69) is 20.5 Å². The molecular formula is C15H21N5O2S. The number of hydrogen-bond donors (Lipinski definition) is 4. The molecule has 0 saturated heterocycles. The zero-order valence-corrected chi connectivity index (χ0v) is 13.6. The molecule has 1 saturated carbocycles. The van der Waals surface area contributed by atoms with Crippen LogP contribution in [0, 0.1) is 0 Å². The molecule has 1 aromatic rings. The maximum absolute atomic E-state index is 11.4. The molecule has 0 radical (unpaired) electrons. The Morgan fingerprint density at radius 1 is 1.09 bits per heavy atom. The van der Waals surface area contributed by atoms with Crippen molar-refractivity contribution >= 4 is 33.7 Å². The van der Waals surface area contributed by atoms with E-state index < -0.39 is 22.5 Å². The van der Waals surface area contributed by atoms with Crippen molar-refractivity contribution in [3.63, 3.8) is 0 Å². The number of aliphatic imine (C=N–C) groups is 1. The van der Waals surface area contributed by atoms with Crippen LogP contribution in [0.5, 0.6) is 0 Å². The molecule has 0 spiro atoms. The zero-order valence-electron chi connectivity index (χ0n) is 12.7. The number of rotatable bonds is 3. The molecule has 1 fully saturated rings. The predicted octanol–water partition coefficient (Wildman–Crippen LogP) is 2.74. The average molecular weight is 335 g/mol. The number of carbonyl (C=O) groups is 2. The van der Waals surface area contributed by atoms with E-state index in [1.807, 2.05) is 12.1 Å². The fourth-order valence-corrected chi connectivity index (χ4v) is 5.45. The Hall–Kier alpha value is -2.22. The number of carbonyl (C=O) groups excluding carboxylic acids is 2. The Bertz CT molecular complexity index is 654. The highest BCUT2D eigenvalue weighted by molar-refractivity contribution is 8.42. The van der Waals surface area contributed by atoms with Crippen molar-refractivity contribution in [3.05, 3.63) is 23.8 Å². The quantitative estimate of drug-likeness (QED) is 0.678. The minimum Gasteiger partial charge on any atom is -0.351 e. The highest BCUT2D eigenvalue weighted by atomic mass is 32.3. The second kappa shape index (κ2) is 6.11. The van der Waals surface area contributed by atoms with Crippen LogP contribution in [-0.2, 0) is 0 Å². The number of amides is 4. The topological polar surface area (TPSA) is 123 Å². The van der Waals surface area contributed by atoms with Gasteiger partial charge in [0.2, 0.25) is 0 Å². The van der Waals surface area contributed by atoms with Crippen LogP contribution in [0.4, 0.5) is 15.3 Å². The van der Waals surface area contributed by atoms with Gasteiger partial charge in [-0.15, -0.1) is 0 Å². The van der Waals surface area contributed by atoms with Crippen LogP contribution in [0.25, 0.3) is 0 Å². The van der Waals surface area contributed by atoms with Crippen LogP contribution < -0.4 is 20.9 Å². The summed E-state index contributed by atoms with van der Waals surface area (Å²) >= 11 is 0. The molecular weight excluding hydrogens is 314 g/mol. The van der Waals surface area contributed by atoms with Gasteiger partial charge in [0.25, 0.3) is 0 Å². The van der Waals surface area contributed by atoms with Gasteiger partial charge in [0.05, 0.1) is 16.1 Å². The molecule has 4 amide bonds. The third kappa shape index (κ3) is 3.12. The van der Waals surface area contributed by atoms with Gasteiger partial charge in [-0.2, -0.15) is 0 Å². The number of fused-ring (bicyclic) bond motifs is 1. The number of nitrogens with two attached hydrogens (primary N) is 2. The van der Waals surface area contributed by atoms with E-state index in [-0.39, 0.29) is 0 Å². The Morgan fingerprint density at radius 2 is 1.74 bits per heavy atom. The van der Waals surface area contributed by atoms with Gasteiger partial charge < -0.3 is 11.5 Å². The van der Waals surface area contributed by atoms with Gasteiger partial charge in [-0.1, -0.05) is 25.3 Å². The summed E-state index contributed by atoms with van der Waals surface area (Å²) in [5.74, 6) is 0.508. The highest BCUT2D eigenvalue weighted by Gasteiger charge is 2.34. The number of nitrogens with zero attached hydrogens (tertiary/aromatic N) is 1. The van der Waals surface area contributed by atoms with E-state index in [1.165, 1.54) is 30.4 Å². The van der Waals surface area contributed by atoms with Crippen LogP contribution in [-0.4, -0.2) is 17.6 Å². The van der Waals surface area contributed by atoms with Gasteiger partial charge in [-0.3, -0.25) is 9.44 Å². The van der Waals surface area contributed by atoms with Crippen molar-refractivity contribution in [2.75, 3.05) is 0 Å². The fraction of sp³-hybridized carbons (Fsp3) is 0.400. The summed E-state index contributed by atoms with van der Waals surface area (Å²) in [4.78, 5) is 27.9. The number of benzene rings is 1. The van der Waals surface area contributed by atoms with Gasteiger partial charge in [0.1, 0.15) is 0 Å². The number of nitrogens with one attached hydrogen (secondary N) is 2. The maximum atomic E-state index is 11.4. The molecule has 0 atom stereocenters. The van der Waals surface area contributed by atoms with Crippen molar-refractivity contribution in [1.82, 2.24) is 9.44 Å². The summed E-state index contributed by atoms with van der Waals surface area (Å²) in [7, 11) is -2.32. The Balaban J connectivity index is 1.98. The molecule has 0 bridgehead atoms. The lowest BCUT2D eigenvalue weighted by Gasteiger charge is -2.34. The molecule has 1 aliphatic heterocycles. The first-order valence-electron chi connectivity index (χ1n) is 7.66. The van der Waals surface area contributed by atoms with Gasteiger partial charge in [-0.05, 0) is 46.9 Å². The lowest BCUT2D eigenvalue weighted by molar-refractivity contribution is 0.253. The molecule has 2 aliphatic rings. The summed E-state index contributed by atoms with van der Waals surface area (Å²) in [5.41, 5.74) is 14.1. The van der Waals surface area contributed by atoms with Crippen molar-refractivity contribution in [2.45, 2.75) is 42.9 Å². The number of urea groups is 2. The van der Waals surface area contributed by atoms with Crippen LogP contribution in [0.15, 0.2) is 28.1 Å². The summed E-state index contributed by atoms with van der Waals surface area (Å²) in [6.07, 6.45) is 6.07. The van der Waals surface area contributed by atoms with Gasteiger partial charge in [0.15, 0.2) is 0 Å². The first-order chi connectivity index (χ1) is 11.0. The fourth-order valence-electron chi connectivity index (χ4n) is 3.28. The normalized spacial score (nSPS) is 20.5. The van der Waals surface area contributed by atoms with Crippen molar-refractivity contribution in [3.8, 4) is 0 Å². The Labute approximate surface area is 136 Å². The smallest absolute Gasteiger partial charge is 0.322 e. The van der Waals surface area contributed by atoms with Crippen LogP contribution in [0.3, 0.4) is 0 Å². The largest absolute Gasteiger partial charge is 0.351 e. The summed E-state index contributed by atoms with van der Waals surface area (Å²) in [6.45, 7) is 0. The lowest BCUT2D eigenvalue weighted by atomic mass is 9.84. The summed E-state index contributed by atoms with van der Waals surface area (Å²) in [6, 6.07) is 4.58. The predicted molar refractivity (Wildman–Crippen MR) is 91.7 cm³/mol. The third-order valence-corrected chi connectivity index (χ3v) is 6.77. The monoisotopic (exact) mass is 335 g/mol. The first kappa shape index (κ1) is 15.7. The van der Waals surface area contributed by atoms with E-state index >= 15 is 0 Å². The molecule has 0 unspecified atom stereocenters. The standard InChI is InChI=1S/C15H21N5O2S/c16-14(21)19-23(20-15(17)22)9-18-12-7-6-11(8-13(12)23)10-4-2-1-3-5-10/h6-10H,1-5H2,(H3,16,19,21)(H3,17,20,22). The SMILES string of the molecule is NC(=O)NS1(NC(N)=O)C=Nc2ccc(C3CCCCC3)cc21. The van der Waals surface area contributed by atoms with E-state index in [0.29, 0.717) is 5.92 Å². The first-order valence-corrected chi connectivity index (χ1v) is 9.35. The van der Waals surface area contributed by atoms with Gasteiger partial charge in [-0.25, -0.2) is 14.6 Å². The summed E-state index contributed by atoms with van der Waals surface area (Å²) < 4.78 is 5.27. The minimum absolute atomic E-state index is 0.508. The van der Waals surface area contributed by atoms with Crippen molar-refractivity contribution in [2.24, 2.45) is 16.5 Å². The molecule has 1 aliphatic carbocycles. The van der Waals surface area contributed by atoms with E-state index in [0.717, 1.165) is 23.4 Å². The molecule has 0 aromatic heterocycles. The molecule has 3 rings (SSSR count). The molecule has 6 N–H and O–H groups in total.